The summed E-state index contributed by atoms with van der Waals surface area (Å²) < 4.78 is 5.38. The molecule has 1 aromatic heterocycles. The number of carbonyl (C=O) groups excluding carboxylic acids is 1. The number of nitrogens with zero attached hydrogens (tertiary/aromatic N) is 3. The van der Waals surface area contributed by atoms with E-state index in [-0.39, 0.29) is 5.91 Å². The van der Waals surface area contributed by atoms with Crippen molar-refractivity contribution in [3.05, 3.63) is 17.5 Å². The molecule has 1 saturated carbocycles. The Bertz CT molecular complexity index is 552. The zero-order valence-corrected chi connectivity index (χ0v) is 14.6. The number of anilines is 1. The summed E-state index contributed by atoms with van der Waals surface area (Å²) in [5.74, 6) is 1.63. The van der Waals surface area contributed by atoms with Crippen LogP contribution in [0.2, 0.25) is 0 Å². The standard InChI is InChI=1S/C18H28N4O2/c1-14-12-16(21-18(20-14)22-8-10-24-11-9-22)13-19-17(23)7-6-15-4-2-3-5-15/h12,15H,2-11,13H2,1H3,(H,19,23). The molecule has 0 atom stereocenters. The first-order valence-electron chi connectivity index (χ1n) is 9.14. The molecule has 1 N–H and O–H groups in total. The minimum absolute atomic E-state index is 0.131. The summed E-state index contributed by atoms with van der Waals surface area (Å²) in [6, 6.07) is 1.95. The van der Waals surface area contributed by atoms with E-state index >= 15 is 0 Å². The Hall–Kier alpha value is -1.69. The monoisotopic (exact) mass is 332 g/mol. The second-order valence-electron chi connectivity index (χ2n) is 6.87. The Labute approximate surface area is 144 Å². The highest BCUT2D eigenvalue weighted by molar-refractivity contribution is 5.75. The van der Waals surface area contributed by atoms with Gasteiger partial charge in [0, 0.05) is 25.2 Å². The fourth-order valence-electron chi connectivity index (χ4n) is 3.52. The molecule has 1 aromatic rings. The van der Waals surface area contributed by atoms with Crippen LogP contribution in [0.25, 0.3) is 0 Å². The first-order valence-corrected chi connectivity index (χ1v) is 9.14. The topological polar surface area (TPSA) is 67.4 Å². The zero-order chi connectivity index (χ0) is 16.8. The average Bonchev–Trinajstić information content (AvgIpc) is 3.12. The Morgan fingerprint density at radius 1 is 1.29 bits per heavy atom. The van der Waals surface area contributed by atoms with Gasteiger partial charge >= 0.3 is 0 Å². The van der Waals surface area contributed by atoms with E-state index in [1.165, 1.54) is 25.7 Å². The predicted molar refractivity (Wildman–Crippen MR) is 92.8 cm³/mol. The van der Waals surface area contributed by atoms with E-state index in [2.05, 4.69) is 20.2 Å². The van der Waals surface area contributed by atoms with E-state index in [4.69, 9.17) is 4.74 Å². The summed E-state index contributed by atoms with van der Waals surface area (Å²) in [6.07, 6.45) is 6.90. The second-order valence-corrected chi connectivity index (χ2v) is 6.87. The van der Waals surface area contributed by atoms with Gasteiger partial charge in [0.2, 0.25) is 11.9 Å². The van der Waals surface area contributed by atoms with E-state index in [0.29, 0.717) is 26.2 Å². The molecule has 0 bridgehead atoms. The number of amides is 1. The normalized spacial score (nSPS) is 18.8. The summed E-state index contributed by atoms with van der Waals surface area (Å²) in [5, 5.41) is 3.01. The lowest BCUT2D eigenvalue weighted by Crippen LogP contribution is -2.37. The van der Waals surface area contributed by atoms with E-state index in [1.54, 1.807) is 0 Å². The lowest BCUT2D eigenvalue weighted by atomic mass is 10.0. The minimum Gasteiger partial charge on any atom is -0.378 e. The maximum atomic E-state index is 12.1. The minimum atomic E-state index is 0.131. The van der Waals surface area contributed by atoms with Crippen molar-refractivity contribution in [1.29, 1.82) is 0 Å². The first-order chi connectivity index (χ1) is 11.7. The van der Waals surface area contributed by atoms with Crippen LogP contribution in [0.1, 0.15) is 49.9 Å². The Morgan fingerprint density at radius 3 is 2.79 bits per heavy atom. The third kappa shape index (κ3) is 4.90. The molecule has 24 heavy (non-hydrogen) atoms. The summed E-state index contributed by atoms with van der Waals surface area (Å²) in [4.78, 5) is 23.3. The third-order valence-corrected chi connectivity index (χ3v) is 4.91. The Balaban J connectivity index is 1.50. The molecule has 6 nitrogen and oxygen atoms in total. The fourth-order valence-corrected chi connectivity index (χ4v) is 3.52. The quantitative estimate of drug-likeness (QED) is 0.865. The van der Waals surface area contributed by atoms with Gasteiger partial charge in [-0.05, 0) is 25.3 Å². The molecule has 2 heterocycles. The lowest BCUT2D eigenvalue weighted by molar-refractivity contribution is -0.121. The van der Waals surface area contributed by atoms with Crippen molar-refractivity contribution in [2.45, 2.75) is 52.0 Å². The van der Waals surface area contributed by atoms with E-state index in [0.717, 1.165) is 42.8 Å². The number of ether oxygens (including phenoxy) is 1. The molecule has 2 aliphatic rings. The Kier molecular flexibility index (Phi) is 6.01. The van der Waals surface area contributed by atoms with Crippen LogP contribution in [0.3, 0.4) is 0 Å². The largest absolute Gasteiger partial charge is 0.378 e. The molecule has 0 aromatic carbocycles. The number of hydrogen-bond acceptors (Lipinski definition) is 5. The molecule has 3 rings (SSSR count). The van der Waals surface area contributed by atoms with Gasteiger partial charge in [0.1, 0.15) is 0 Å². The molecule has 1 aliphatic heterocycles. The highest BCUT2D eigenvalue weighted by Crippen LogP contribution is 2.28. The van der Waals surface area contributed by atoms with E-state index in [1.807, 2.05) is 13.0 Å². The highest BCUT2D eigenvalue weighted by Gasteiger charge is 2.17. The van der Waals surface area contributed by atoms with Crippen molar-refractivity contribution in [1.82, 2.24) is 15.3 Å². The SMILES string of the molecule is Cc1cc(CNC(=O)CCC2CCCC2)nc(N2CCOCC2)n1. The predicted octanol–water partition coefficient (Wildman–Crippen LogP) is 2.21. The number of nitrogens with one attached hydrogen (secondary N) is 1. The summed E-state index contributed by atoms with van der Waals surface area (Å²) in [5.41, 5.74) is 1.81. The molecule has 1 amide bonds. The van der Waals surface area contributed by atoms with Gasteiger partial charge in [0.15, 0.2) is 0 Å². The van der Waals surface area contributed by atoms with Crippen molar-refractivity contribution in [2.75, 3.05) is 31.2 Å². The van der Waals surface area contributed by atoms with Crippen LogP contribution < -0.4 is 10.2 Å². The molecule has 0 spiro atoms. The van der Waals surface area contributed by atoms with Crippen molar-refractivity contribution in [3.63, 3.8) is 0 Å². The first kappa shape index (κ1) is 17.1. The molecule has 1 saturated heterocycles. The van der Waals surface area contributed by atoms with Crippen LogP contribution in [-0.4, -0.2) is 42.2 Å². The van der Waals surface area contributed by atoms with Gasteiger partial charge in [0.05, 0.1) is 25.5 Å². The van der Waals surface area contributed by atoms with Crippen molar-refractivity contribution in [3.8, 4) is 0 Å². The van der Waals surface area contributed by atoms with Gasteiger partial charge in [-0.3, -0.25) is 4.79 Å². The number of aryl methyl sites for hydroxylation is 1. The summed E-state index contributed by atoms with van der Waals surface area (Å²) in [6.45, 7) is 5.50. The molecule has 132 valence electrons. The molecule has 1 aliphatic carbocycles. The molecule has 6 heteroatoms. The number of rotatable bonds is 6. The van der Waals surface area contributed by atoms with Crippen LogP contribution in [0.15, 0.2) is 6.07 Å². The van der Waals surface area contributed by atoms with Crippen LogP contribution in [0, 0.1) is 12.8 Å². The lowest BCUT2D eigenvalue weighted by Gasteiger charge is -2.27. The van der Waals surface area contributed by atoms with E-state index in [9.17, 15) is 4.79 Å². The number of aromatic nitrogens is 2. The van der Waals surface area contributed by atoms with Gasteiger partial charge in [0.25, 0.3) is 0 Å². The smallest absolute Gasteiger partial charge is 0.225 e. The molecule has 2 fully saturated rings. The van der Waals surface area contributed by atoms with E-state index < -0.39 is 0 Å². The van der Waals surface area contributed by atoms with Crippen LogP contribution in [0.5, 0.6) is 0 Å². The summed E-state index contributed by atoms with van der Waals surface area (Å²) in [7, 11) is 0. The van der Waals surface area contributed by atoms with Gasteiger partial charge in [-0.1, -0.05) is 25.7 Å². The number of carbonyl (C=O) groups is 1. The van der Waals surface area contributed by atoms with Gasteiger partial charge in [-0.15, -0.1) is 0 Å². The zero-order valence-electron chi connectivity index (χ0n) is 14.6. The van der Waals surface area contributed by atoms with Crippen LogP contribution in [0.4, 0.5) is 5.95 Å². The van der Waals surface area contributed by atoms with Crippen LogP contribution >= 0.6 is 0 Å². The third-order valence-electron chi connectivity index (χ3n) is 4.91. The van der Waals surface area contributed by atoms with Gasteiger partial charge in [-0.2, -0.15) is 0 Å². The molecular weight excluding hydrogens is 304 g/mol. The molecule has 0 unspecified atom stereocenters. The maximum absolute atomic E-state index is 12.1. The van der Waals surface area contributed by atoms with Gasteiger partial charge < -0.3 is 15.0 Å². The molecular formula is C18H28N4O2. The highest BCUT2D eigenvalue weighted by atomic mass is 16.5. The maximum Gasteiger partial charge on any atom is 0.225 e. The van der Waals surface area contributed by atoms with Crippen molar-refractivity contribution in [2.24, 2.45) is 5.92 Å². The van der Waals surface area contributed by atoms with Crippen molar-refractivity contribution < 1.29 is 9.53 Å². The second kappa shape index (κ2) is 8.42. The number of morpholine rings is 1. The van der Waals surface area contributed by atoms with Crippen molar-refractivity contribution >= 4 is 11.9 Å². The number of hydrogen-bond donors (Lipinski definition) is 1. The average molecular weight is 332 g/mol. The fraction of sp³-hybridized carbons (Fsp3) is 0.722. The molecule has 0 radical (unpaired) electrons. The summed E-state index contributed by atoms with van der Waals surface area (Å²) >= 11 is 0. The Morgan fingerprint density at radius 2 is 2.04 bits per heavy atom. The van der Waals surface area contributed by atoms with Crippen LogP contribution in [-0.2, 0) is 16.1 Å². The van der Waals surface area contributed by atoms with Gasteiger partial charge in [-0.25, -0.2) is 9.97 Å².